The Bertz CT molecular complexity index is 524. The van der Waals surface area contributed by atoms with Gasteiger partial charge in [0.25, 0.3) is 0 Å². The van der Waals surface area contributed by atoms with E-state index >= 15 is 0 Å². The maximum Gasteiger partial charge on any atom is 0.303 e. The second kappa shape index (κ2) is 9.88. The molecule has 0 aromatic carbocycles. The highest BCUT2D eigenvalue weighted by Gasteiger charge is 2.52. The summed E-state index contributed by atoms with van der Waals surface area (Å²) in [5, 5.41) is 0. The molecule has 5 atom stereocenters. The Morgan fingerprint density at radius 2 is 1.32 bits per heavy atom. The van der Waals surface area contributed by atoms with Crippen LogP contribution in [0.3, 0.4) is 0 Å². The number of hydrogen-bond acceptors (Lipinski definition) is 11. The molecule has 0 aromatic heterocycles. The molecule has 1 aliphatic heterocycles. The summed E-state index contributed by atoms with van der Waals surface area (Å²) in [6.07, 6.45) is -4.29. The highest BCUT2D eigenvalue weighted by atomic mass is 33.1. The molecule has 0 bridgehead atoms. The van der Waals surface area contributed by atoms with E-state index in [0.717, 1.165) is 24.6 Å². The van der Waals surface area contributed by atoms with Gasteiger partial charge in [0.05, 0.1) is 0 Å². The molecule has 1 heterocycles. The van der Waals surface area contributed by atoms with Gasteiger partial charge in [0.15, 0.2) is 23.7 Å². The molecule has 1 saturated heterocycles. The average Bonchev–Trinajstić information content (AvgIpc) is 2.48. The van der Waals surface area contributed by atoms with E-state index in [1.54, 1.807) is 0 Å². The van der Waals surface area contributed by atoms with E-state index < -0.39 is 53.7 Å². The molecule has 1 rings (SSSR count). The molecule has 0 N–H and O–H groups in total. The van der Waals surface area contributed by atoms with E-state index in [1.165, 1.54) is 13.8 Å². The van der Waals surface area contributed by atoms with E-state index in [-0.39, 0.29) is 6.61 Å². The quantitative estimate of drug-likeness (QED) is 0.297. The molecular formula is C14H20O9S2. The fraction of sp³-hybridized carbons (Fsp3) is 0.714. The first-order valence-electron chi connectivity index (χ1n) is 7.26. The Balaban J connectivity index is 3.18. The van der Waals surface area contributed by atoms with E-state index in [9.17, 15) is 19.2 Å². The Kier molecular flexibility index (Phi) is 8.53. The van der Waals surface area contributed by atoms with Crippen LogP contribution in [0.2, 0.25) is 0 Å². The minimum atomic E-state index is -1.15. The van der Waals surface area contributed by atoms with Crippen molar-refractivity contribution in [1.82, 2.24) is 0 Å². The summed E-state index contributed by atoms with van der Waals surface area (Å²) in [7, 11) is 0.908. The molecule has 0 saturated carbocycles. The van der Waals surface area contributed by atoms with Crippen molar-refractivity contribution in [2.45, 2.75) is 57.5 Å². The van der Waals surface area contributed by atoms with E-state index in [2.05, 4.69) is 11.7 Å². The summed E-state index contributed by atoms with van der Waals surface area (Å²) in [4.78, 5) is 45.4. The van der Waals surface area contributed by atoms with Gasteiger partial charge in [-0.15, -0.1) is 11.7 Å². The molecule has 0 aliphatic carbocycles. The average molecular weight is 396 g/mol. The Morgan fingerprint density at radius 1 is 0.840 bits per heavy atom. The molecule has 5 unspecified atom stereocenters. The van der Waals surface area contributed by atoms with Gasteiger partial charge in [-0.2, -0.15) is 0 Å². The SMILES string of the molecule is CC(=O)OCC1OC(SS)C(OC(C)=O)C(OC(C)=O)C1OC(C)=O. The van der Waals surface area contributed by atoms with Crippen molar-refractivity contribution >= 4 is 46.3 Å². The predicted octanol–water partition coefficient (Wildman–Crippen LogP) is 0.647. The maximum absolute atomic E-state index is 11.5. The van der Waals surface area contributed by atoms with Gasteiger partial charge in [0, 0.05) is 27.7 Å². The summed E-state index contributed by atoms with van der Waals surface area (Å²) in [6.45, 7) is 4.46. The maximum atomic E-state index is 11.5. The molecule has 11 heteroatoms. The lowest BCUT2D eigenvalue weighted by atomic mass is 9.99. The summed E-state index contributed by atoms with van der Waals surface area (Å²) < 4.78 is 26.2. The van der Waals surface area contributed by atoms with Gasteiger partial charge in [0.2, 0.25) is 0 Å². The largest absolute Gasteiger partial charge is 0.463 e. The zero-order chi connectivity index (χ0) is 19.1. The van der Waals surface area contributed by atoms with Crippen LogP contribution in [-0.4, -0.2) is 60.3 Å². The van der Waals surface area contributed by atoms with Crippen LogP contribution >= 0.6 is 22.5 Å². The van der Waals surface area contributed by atoms with Gasteiger partial charge in [-0.05, 0) is 0 Å². The number of carbonyl (C=O) groups excluding carboxylic acids is 4. The zero-order valence-corrected chi connectivity index (χ0v) is 15.8. The summed E-state index contributed by atoms with van der Waals surface area (Å²) in [6, 6.07) is 0. The molecule has 9 nitrogen and oxygen atoms in total. The Hall–Kier alpha value is -1.46. The fourth-order valence-electron chi connectivity index (χ4n) is 2.27. The number of hydrogen-bond donors (Lipinski definition) is 1. The van der Waals surface area contributed by atoms with Crippen LogP contribution in [0.15, 0.2) is 0 Å². The van der Waals surface area contributed by atoms with Crippen molar-refractivity contribution in [1.29, 1.82) is 0 Å². The first kappa shape index (κ1) is 21.6. The van der Waals surface area contributed by atoms with Crippen molar-refractivity contribution in [3.05, 3.63) is 0 Å². The Labute approximate surface area is 153 Å². The fourth-order valence-corrected chi connectivity index (χ4v) is 3.31. The van der Waals surface area contributed by atoms with Crippen molar-refractivity contribution in [3.63, 3.8) is 0 Å². The predicted molar refractivity (Wildman–Crippen MR) is 88.5 cm³/mol. The zero-order valence-electron chi connectivity index (χ0n) is 14.1. The van der Waals surface area contributed by atoms with Crippen molar-refractivity contribution < 1.29 is 42.9 Å². The first-order chi connectivity index (χ1) is 11.6. The Morgan fingerprint density at radius 3 is 1.76 bits per heavy atom. The summed E-state index contributed by atoms with van der Waals surface area (Å²) in [5.74, 6) is -2.54. The molecular weight excluding hydrogens is 376 g/mol. The molecule has 0 radical (unpaired) electrons. The molecule has 0 amide bonds. The van der Waals surface area contributed by atoms with Crippen LogP contribution < -0.4 is 0 Å². The van der Waals surface area contributed by atoms with Crippen LogP contribution in [0.1, 0.15) is 27.7 Å². The lowest BCUT2D eigenvalue weighted by Gasteiger charge is -2.43. The second-order valence-electron chi connectivity index (χ2n) is 5.17. The third kappa shape index (κ3) is 6.75. The van der Waals surface area contributed by atoms with E-state index in [4.69, 9.17) is 23.7 Å². The third-order valence-electron chi connectivity index (χ3n) is 3.05. The highest BCUT2D eigenvalue weighted by molar-refractivity contribution is 8.68. The number of esters is 4. The van der Waals surface area contributed by atoms with Crippen LogP contribution in [0.4, 0.5) is 0 Å². The summed E-state index contributed by atoms with van der Waals surface area (Å²) >= 11 is 4.07. The molecule has 25 heavy (non-hydrogen) atoms. The van der Waals surface area contributed by atoms with Gasteiger partial charge in [-0.3, -0.25) is 19.2 Å². The minimum Gasteiger partial charge on any atom is -0.463 e. The lowest BCUT2D eigenvalue weighted by Crippen LogP contribution is -2.61. The van der Waals surface area contributed by atoms with Crippen molar-refractivity contribution in [3.8, 4) is 0 Å². The van der Waals surface area contributed by atoms with E-state index in [0.29, 0.717) is 0 Å². The van der Waals surface area contributed by atoms with Gasteiger partial charge in [-0.1, -0.05) is 10.8 Å². The van der Waals surface area contributed by atoms with E-state index in [1.807, 2.05) is 0 Å². The highest BCUT2D eigenvalue weighted by Crippen LogP contribution is 2.35. The number of ether oxygens (including phenoxy) is 5. The van der Waals surface area contributed by atoms with Gasteiger partial charge < -0.3 is 23.7 Å². The summed E-state index contributed by atoms with van der Waals surface area (Å²) in [5.41, 5.74) is -0.844. The van der Waals surface area contributed by atoms with Crippen LogP contribution in [0, 0.1) is 0 Å². The molecule has 0 spiro atoms. The van der Waals surface area contributed by atoms with Crippen molar-refractivity contribution in [2.24, 2.45) is 0 Å². The standard InChI is InChI=1S/C14H20O9S2/c1-6(15)19-5-10-11(20-7(2)16)12(21-8(3)17)13(22-9(4)18)14(23-10)25-24/h10-14,24H,5H2,1-4H3. The van der Waals surface area contributed by atoms with Crippen LogP contribution in [0.5, 0.6) is 0 Å². The van der Waals surface area contributed by atoms with Crippen molar-refractivity contribution in [2.75, 3.05) is 6.61 Å². The minimum absolute atomic E-state index is 0.247. The first-order valence-corrected chi connectivity index (χ1v) is 9.19. The normalized spacial score (nSPS) is 28.6. The number of rotatable bonds is 6. The smallest absolute Gasteiger partial charge is 0.303 e. The van der Waals surface area contributed by atoms with Gasteiger partial charge in [0.1, 0.15) is 12.7 Å². The van der Waals surface area contributed by atoms with Gasteiger partial charge in [-0.25, -0.2) is 0 Å². The topological polar surface area (TPSA) is 114 Å². The third-order valence-corrected chi connectivity index (χ3v) is 4.26. The number of carbonyl (C=O) groups is 4. The second-order valence-corrected chi connectivity index (χ2v) is 6.48. The molecule has 142 valence electrons. The van der Waals surface area contributed by atoms with Crippen LogP contribution in [0.25, 0.3) is 0 Å². The molecule has 1 fully saturated rings. The van der Waals surface area contributed by atoms with Gasteiger partial charge >= 0.3 is 23.9 Å². The molecule has 0 aromatic rings. The molecule has 1 aliphatic rings. The monoisotopic (exact) mass is 396 g/mol. The lowest BCUT2D eigenvalue weighted by molar-refractivity contribution is -0.237. The van der Waals surface area contributed by atoms with Crippen LogP contribution in [-0.2, 0) is 42.9 Å². The number of thiol groups is 1.